The molecule has 4 heteroatoms. The van der Waals surface area contributed by atoms with Crippen LogP contribution in [0.15, 0.2) is 53.9 Å². The summed E-state index contributed by atoms with van der Waals surface area (Å²) in [7, 11) is 0. The molecule has 3 nitrogen and oxygen atoms in total. The first kappa shape index (κ1) is 15.6. The van der Waals surface area contributed by atoms with Crippen molar-refractivity contribution in [3.8, 4) is 0 Å². The van der Waals surface area contributed by atoms with E-state index in [0.29, 0.717) is 17.9 Å². The summed E-state index contributed by atoms with van der Waals surface area (Å²) in [6.07, 6.45) is 4.59. The van der Waals surface area contributed by atoms with E-state index in [-0.39, 0.29) is 5.91 Å². The number of amides is 1. The van der Waals surface area contributed by atoms with Crippen LogP contribution in [0.4, 0.5) is 0 Å². The van der Waals surface area contributed by atoms with Crippen molar-refractivity contribution in [1.82, 2.24) is 4.90 Å². The first-order valence-corrected chi connectivity index (χ1v) is 9.36. The number of hydrogen-bond donors (Lipinski definition) is 0. The minimum atomic E-state index is 0.124. The molecule has 1 aromatic carbocycles. The van der Waals surface area contributed by atoms with Gasteiger partial charge < -0.3 is 9.64 Å². The Morgan fingerprint density at radius 1 is 1.21 bits per heavy atom. The fraction of sp³-hybridized carbons (Fsp3) is 0.350. The molecule has 3 heterocycles. The highest BCUT2D eigenvalue weighted by Crippen LogP contribution is 2.40. The molecule has 3 atom stereocenters. The van der Waals surface area contributed by atoms with E-state index in [4.69, 9.17) is 4.74 Å². The molecule has 2 aromatic rings. The summed E-state index contributed by atoms with van der Waals surface area (Å²) in [5.74, 6) is 0.898. The van der Waals surface area contributed by atoms with Crippen LogP contribution in [0.25, 0.3) is 6.08 Å². The number of thiophene rings is 1. The molecule has 0 aliphatic carbocycles. The molecule has 0 radical (unpaired) electrons. The Labute approximate surface area is 146 Å². The van der Waals surface area contributed by atoms with E-state index >= 15 is 0 Å². The lowest BCUT2D eigenvalue weighted by molar-refractivity contribution is -0.128. The average molecular weight is 339 g/mol. The normalized spacial score (nSPS) is 26.7. The molecule has 0 spiro atoms. The van der Waals surface area contributed by atoms with Gasteiger partial charge in [0.05, 0.1) is 6.61 Å². The molecule has 2 aliphatic rings. The Bertz CT molecular complexity index is 711. The monoisotopic (exact) mass is 339 g/mol. The van der Waals surface area contributed by atoms with Gasteiger partial charge in [-0.1, -0.05) is 36.4 Å². The fourth-order valence-electron chi connectivity index (χ4n) is 3.94. The number of rotatable bonds is 3. The van der Waals surface area contributed by atoms with E-state index in [9.17, 15) is 4.79 Å². The smallest absolute Gasteiger partial charge is 0.246 e. The number of ether oxygens (including phenoxy) is 1. The molecule has 4 rings (SSSR count). The molecule has 2 saturated heterocycles. The third-order valence-corrected chi connectivity index (χ3v) is 5.95. The van der Waals surface area contributed by atoms with Crippen LogP contribution in [0.1, 0.15) is 22.8 Å². The molecule has 2 fully saturated rings. The molecule has 2 aliphatic heterocycles. The van der Waals surface area contributed by atoms with Crippen LogP contribution in [0.3, 0.4) is 0 Å². The summed E-state index contributed by atoms with van der Waals surface area (Å²) < 4.78 is 5.73. The second-order valence-corrected chi connectivity index (χ2v) is 7.43. The lowest BCUT2D eigenvalue weighted by Crippen LogP contribution is -2.41. The summed E-state index contributed by atoms with van der Waals surface area (Å²) in [6, 6.07) is 14.9. The van der Waals surface area contributed by atoms with Gasteiger partial charge in [-0.25, -0.2) is 0 Å². The van der Waals surface area contributed by atoms with E-state index in [1.165, 1.54) is 5.56 Å². The molecular formula is C20H21NO2S. The highest BCUT2D eigenvalue weighted by atomic mass is 32.1. The molecule has 0 N–H and O–H groups in total. The fourth-order valence-corrected chi connectivity index (χ4v) is 4.56. The summed E-state index contributed by atoms with van der Waals surface area (Å²) >= 11 is 1.65. The molecular weight excluding hydrogens is 318 g/mol. The van der Waals surface area contributed by atoms with Crippen LogP contribution in [-0.2, 0) is 9.53 Å². The quantitative estimate of drug-likeness (QED) is 0.796. The minimum Gasteiger partial charge on any atom is -0.381 e. The van der Waals surface area contributed by atoms with Crippen LogP contribution in [0.5, 0.6) is 0 Å². The third-order valence-electron chi connectivity index (χ3n) is 5.12. The Morgan fingerprint density at radius 3 is 2.88 bits per heavy atom. The topological polar surface area (TPSA) is 29.5 Å². The van der Waals surface area contributed by atoms with Gasteiger partial charge in [0, 0.05) is 42.0 Å². The van der Waals surface area contributed by atoms with Gasteiger partial charge >= 0.3 is 0 Å². The van der Waals surface area contributed by atoms with Gasteiger partial charge in [0.15, 0.2) is 0 Å². The second kappa shape index (κ2) is 6.91. The highest BCUT2D eigenvalue weighted by Gasteiger charge is 2.45. The van der Waals surface area contributed by atoms with Gasteiger partial charge in [0.1, 0.15) is 0 Å². The van der Waals surface area contributed by atoms with Crippen molar-refractivity contribution in [3.63, 3.8) is 0 Å². The van der Waals surface area contributed by atoms with Crippen LogP contribution < -0.4 is 0 Å². The largest absolute Gasteiger partial charge is 0.381 e. The molecule has 124 valence electrons. The predicted molar refractivity (Wildman–Crippen MR) is 97.0 cm³/mol. The lowest BCUT2D eigenvalue weighted by atomic mass is 9.84. The Kier molecular flexibility index (Phi) is 4.50. The molecule has 0 unspecified atom stereocenters. The molecule has 1 aromatic heterocycles. The summed E-state index contributed by atoms with van der Waals surface area (Å²) in [5.41, 5.74) is 1.32. The van der Waals surface area contributed by atoms with E-state index in [0.717, 1.165) is 31.1 Å². The third kappa shape index (κ3) is 3.04. The lowest BCUT2D eigenvalue weighted by Gasteiger charge is -2.32. The van der Waals surface area contributed by atoms with Crippen LogP contribution >= 0.6 is 11.3 Å². The maximum Gasteiger partial charge on any atom is 0.246 e. The summed E-state index contributed by atoms with van der Waals surface area (Å²) in [6.45, 7) is 2.29. The van der Waals surface area contributed by atoms with Crippen molar-refractivity contribution in [1.29, 1.82) is 0 Å². The van der Waals surface area contributed by atoms with E-state index < -0.39 is 0 Å². The first-order chi connectivity index (χ1) is 11.8. The number of nitrogens with zero attached hydrogens (tertiary/aromatic N) is 1. The van der Waals surface area contributed by atoms with E-state index in [1.807, 2.05) is 29.7 Å². The van der Waals surface area contributed by atoms with Crippen LogP contribution in [0, 0.1) is 5.92 Å². The minimum absolute atomic E-state index is 0.124. The van der Waals surface area contributed by atoms with Gasteiger partial charge in [-0.15, -0.1) is 11.3 Å². The first-order valence-electron chi connectivity index (χ1n) is 8.48. The Balaban J connectivity index is 1.55. The van der Waals surface area contributed by atoms with Gasteiger partial charge in [0.2, 0.25) is 5.91 Å². The average Bonchev–Trinajstić information content (AvgIpc) is 3.28. The zero-order valence-corrected chi connectivity index (χ0v) is 14.3. The second-order valence-electron chi connectivity index (χ2n) is 6.45. The molecule has 0 saturated carbocycles. The standard InChI is InChI=1S/C20H21NO2S/c22-20(9-8-16-7-4-12-24-16)21-13-17(15-5-2-1-3-6-15)18-14-23-11-10-19(18)21/h1-9,12,17-19H,10-11,13-14H2/b9-8+/t17-,18+,19-/m1/s1. The summed E-state index contributed by atoms with van der Waals surface area (Å²) in [4.78, 5) is 16.0. The number of carbonyl (C=O) groups is 1. The highest BCUT2D eigenvalue weighted by molar-refractivity contribution is 7.10. The van der Waals surface area contributed by atoms with Crippen molar-refractivity contribution < 1.29 is 9.53 Å². The maximum absolute atomic E-state index is 12.8. The van der Waals surface area contributed by atoms with Crippen molar-refractivity contribution in [2.24, 2.45) is 5.92 Å². The molecule has 1 amide bonds. The number of hydrogen-bond acceptors (Lipinski definition) is 3. The van der Waals surface area contributed by atoms with Crippen molar-refractivity contribution in [3.05, 3.63) is 64.4 Å². The molecule has 0 bridgehead atoms. The van der Waals surface area contributed by atoms with Crippen molar-refractivity contribution in [2.75, 3.05) is 19.8 Å². The number of carbonyl (C=O) groups excluding carboxylic acids is 1. The SMILES string of the molecule is O=C(/C=C/c1cccs1)N1C[C@H](c2ccccc2)[C@@H]2COCC[C@H]21. The van der Waals surface area contributed by atoms with Crippen LogP contribution in [0.2, 0.25) is 0 Å². The zero-order chi connectivity index (χ0) is 16.4. The van der Waals surface area contributed by atoms with Gasteiger partial charge in [0.25, 0.3) is 0 Å². The Morgan fingerprint density at radius 2 is 2.08 bits per heavy atom. The van der Waals surface area contributed by atoms with E-state index in [1.54, 1.807) is 17.4 Å². The number of likely N-dealkylation sites (tertiary alicyclic amines) is 1. The van der Waals surface area contributed by atoms with Gasteiger partial charge in [-0.2, -0.15) is 0 Å². The van der Waals surface area contributed by atoms with Gasteiger partial charge in [-0.05, 0) is 29.5 Å². The van der Waals surface area contributed by atoms with Crippen molar-refractivity contribution >= 4 is 23.3 Å². The zero-order valence-electron chi connectivity index (χ0n) is 13.5. The van der Waals surface area contributed by atoms with E-state index in [2.05, 4.69) is 29.2 Å². The van der Waals surface area contributed by atoms with Crippen LogP contribution in [-0.4, -0.2) is 36.6 Å². The Hall–Kier alpha value is -1.91. The number of benzene rings is 1. The molecule has 24 heavy (non-hydrogen) atoms. The predicted octanol–water partition coefficient (Wildman–Crippen LogP) is 3.79. The van der Waals surface area contributed by atoms with Crippen molar-refractivity contribution in [2.45, 2.75) is 18.4 Å². The summed E-state index contributed by atoms with van der Waals surface area (Å²) in [5, 5.41) is 2.03. The maximum atomic E-state index is 12.8. The van der Waals surface area contributed by atoms with Gasteiger partial charge in [-0.3, -0.25) is 4.79 Å². The number of fused-ring (bicyclic) bond motifs is 1.